The molecule has 1 fully saturated rings. The molecule has 0 radical (unpaired) electrons. The van der Waals surface area contributed by atoms with Crippen molar-refractivity contribution in [2.75, 3.05) is 13.7 Å². The Balaban J connectivity index is 2.49. The standard InChI is InChI=1S/C12H24N2O2/c1-10(9-15)14(2)11(16)8-12(13)6-4-3-5-7-12/h10,15H,3-9,13H2,1-2H3. The molecule has 1 saturated carbocycles. The maximum Gasteiger partial charge on any atom is 0.224 e. The molecule has 3 N–H and O–H groups in total. The monoisotopic (exact) mass is 228 g/mol. The Bertz CT molecular complexity index is 237. The zero-order valence-electron chi connectivity index (χ0n) is 10.4. The number of carbonyl (C=O) groups excluding carboxylic acids is 1. The lowest BCUT2D eigenvalue weighted by molar-refractivity contribution is -0.134. The lowest BCUT2D eigenvalue weighted by atomic mass is 9.80. The summed E-state index contributed by atoms with van der Waals surface area (Å²) in [4.78, 5) is 13.6. The van der Waals surface area contributed by atoms with Crippen molar-refractivity contribution < 1.29 is 9.90 Å². The maximum absolute atomic E-state index is 12.0. The number of aliphatic hydroxyl groups is 1. The van der Waals surface area contributed by atoms with E-state index in [1.165, 1.54) is 6.42 Å². The summed E-state index contributed by atoms with van der Waals surface area (Å²) < 4.78 is 0. The molecule has 0 bridgehead atoms. The van der Waals surface area contributed by atoms with Crippen LogP contribution in [0.15, 0.2) is 0 Å². The van der Waals surface area contributed by atoms with E-state index in [-0.39, 0.29) is 24.1 Å². The van der Waals surface area contributed by atoms with Crippen LogP contribution in [-0.4, -0.2) is 41.1 Å². The van der Waals surface area contributed by atoms with Crippen LogP contribution in [0.2, 0.25) is 0 Å². The fourth-order valence-electron chi connectivity index (χ4n) is 2.23. The molecule has 0 aliphatic heterocycles. The highest BCUT2D eigenvalue weighted by Gasteiger charge is 2.31. The highest BCUT2D eigenvalue weighted by Crippen LogP contribution is 2.29. The van der Waals surface area contributed by atoms with Crippen LogP contribution in [0.4, 0.5) is 0 Å². The molecule has 1 rings (SSSR count). The molecule has 1 amide bonds. The lowest BCUT2D eigenvalue weighted by Crippen LogP contribution is -2.48. The third-order valence-electron chi connectivity index (χ3n) is 3.67. The van der Waals surface area contributed by atoms with Gasteiger partial charge in [-0.1, -0.05) is 19.3 Å². The van der Waals surface area contributed by atoms with Gasteiger partial charge < -0.3 is 15.7 Å². The minimum atomic E-state index is -0.307. The normalized spacial score (nSPS) is 21.5. The topological polar surface area (TPSA) is 66.6 Å². The van der Waals surface area contributed by atoms with E-state index in [4.69, 9.17) is 10.8 Å². The van der Waals surface area contributed by atoms with Crippen molar-refractivity contribution in [3.63, 3.8) is 0 Å². The Kier molecular flexibility index (Phi) is 4.74. The minimum absolute atomic E-state index is 0.000187. The fourth-order valence-corrected chi connectivity index (χ4v) is 2.23. The van der Waals surface area contributed by atoms with Crippen LogP contribution in [0.5, 0.6) is 0 Å². The number of likely N-dealkylation sites (N-methyl/N-ethyl adjacent to an activating group) is 1. The average Bonchev–Trinajstić information content (AvgIpc) is 2.27. The summed E-state index contributed by atoms with van der Waals surface area (Å²) >= 11 is 0. The smallest absolute Gasteiger partial charge is 0.224 e. The molecule has 94 valence electrons. The Morgan fingerprint density at radius 2 is 2.00 bits per heavy atom. The van der Waals surface area contributed by atoms with Crippen molar-refractivity contribution in [2.24, 2.45) is 5.73 Å². The van der Waals surface area contributed by atoms with Gasteiger partial charge in [-0.3, -0.25) is 4.79 Å². The molecule has 0 aromatic heterocycles. The number of nitrogens with two attached hydrogens (primary N) is 1. The van der Waals surface area contributed by atoms with Crippen molar-refractivity contribution in [2.45, 2.75) is 57.0 Å². The Morgan fingerprint density at radius 1 is 1.44 bits per heavy atom. The summed E-state index contributed by atoms with van der Waals surface area (Å²) in [5.74, 6) is 0.0472. The predicted molar refractivity (Wildman–Crippen MR) is 63.9 cm³/mol. The Hall–Kier alpha value is -0.610. The molecule has 0 aromatic carbocycles. The molecular weight excluding hydrogens is 204 g/mol. The molecule has 4 nitrogen and oxygen atoms in total. The van der Waals surface area contributed by atoms with Crippen molar-refractivity contribution in [1.29, 1.82) is 0 Å². The van der Waals surface area contributed by atoms with Crippen molar-refractivity contribution in [1.82, 2.24) is 4.90 Å². The first-order chi connectivity index (χ1) is 7.48. The van der Waals surface area contributed by atoms with E-state index in [1.54, 1.807) is 11.9 Å². The largest absolute Gasteiger partial charge is 0.394 e. The summed E-state index contributed by atoms with van der Waals surface area (Å²) in [7, 11) is 1.73. The molecule has 0 heterocycles. The SMILES string of the molecule is CC(CO)N(C)C(=O)CC1(N)CCCCC1. The molecule has 0 aromatic rings. The second-order valence-corrected chi connectivity index (χ2v) is 5.14. The van der Waals surface area contributed by atoms with Crippen molar-refractivity contribution >= 4 is 5.91 Å². The summed E-state index contributed by atoms with van der Waals surface area (Å²) in [5.41, 5.74) is 5.92. The number of rotatable bonds is 4. The third kappa shape index (κ3) is 3.46. The van der Waals surface area contributed by atoms with Crippen LogP contribution in [0.1, 0.15) is 45.4 Å². The first-order valence-electron chi connectivity index (χ1n) is 6.14. The summed E-state index contributed by atoms with van der Waals surface area (Å²) in [6.07, 6.45) is 5.79. The van der Waals surface area contributed by atoms with Gasteiger partial charge in [0, 0.05) is 19.0 Å². The van der Waals surface area contributed by atoms with E-state index in [0.29, 0.717) is 6.42 Å². The molecule has 1 unspecified atom stereocenters. The van der Waals surface area contributed by atoms with Crippen LogP contribution in [0.25, 0.3) is 0 Å². The second-order valence-electron chi connectivity index (χ2n) is 5.14. The van der Waals surface area contributed by atoms with E-state index < -0.39 is 0 Å². The van der Waals surface area contributed by atoms with Crippen LogP contribution in [-0.2, 0) is 4.79 Å². The summed E-state index contributed by atoms with van der Waals surface area (Å²) in [6, 6.07) is -0.125. The van der Waals surface area contributed by atoms with Crippen LogP contribution < -0.4 is 5.73 Å². The Labute approximate surface area is 97.8 Å². The second kappa shape index (κ2) is 5.64. The lowest BCUT2D eigenvalue weighted by Gasteiger charge is -2.35. The summed E-state index contributed by atoms with van der Waals surface area (Å²) in [6.45, 7) is 1.84. The molecule has 16 heavy (non-hydrogen) atoms. The van der Waals surface area contributed by atoms with E-state index in [9.17, 15) is 4.79 Å². The Morgan fingerprint density at radius 3 is 2.50 bits per heavy atom. The third-order valence-corrected chi connectivity index (χ3v) is 3.67. The van der Waals surface area contributed by atoms with E-state index in [1.807, 2.05) is 6.92 Å². The quantitative estimate of drug-likeness (QED) is 0.750. The molecule has 1 atom stereocenters. The van der Waals surface area contributed by atoms with Gasteiger partial charge in [0.05, 0.1) is 12.6 Å². The number of nitrogens with zero attached hydrogens (tertiary/aromatic N) is 1. The van der Waals surface area contributed by atoms with Crippen LogP contribution in [0, 0.1) is 0 Å². The first kappa shape index (κ1) is 13.5. The van der Waals surface area contributed by atoms with Gasteiger partial charge in [0.15, 0.2) is 0 Å². The highest BCUT2D eigenvalue weighted by atomic mass is 16.3. The number of aliphatic hydroxyl groups excluding tert-OH is 1. The van der Waals surface area contributed by atoms with Gasteiger partial charge in [-0.15, -0.1) is 0 Å². The molecular formula is C12H24N2O2. The molecule has 1 aliphatic carbocycles. The van der Waals surface area contributed by atoms with Gasteiger partial charge in [-0.25, -0.2) is 0 Å². The van der Waals surface area contributed by atoms with Crippen LogP contribution in [0.3, 0.4) is 0 Å². The first-order valence-corrected chi connectivity index (χ1v) is 6.14. The fraction of sp³-hybridized carbons (Fsp3) is 0.917. The van der Waals surface area contributed by atoms with Crippen LogP contribution >= 0.6 is 0 Å². The van der Waals surface area contributed by atoms with Gasteiger partial charge in [0.25, 0.3) is 0 Å². The average molecular weight is 228 g/mol. The maximum atomic E-state index is 12.0. The predicted octanol–water partition coefficient (Wildman–Crippen LogP) is 0.877. The summed E-state index contributed by atoms with van der Waals surface area (Å²) in [5, 5.41) is 9.00. The number of amides is 1. The van der Waals surface area contributed by atoms with Gasteiger partial charge in [-0.2, -0.15) is 0 Å². The number of hydrogen-bond donors (Lipinski definition) is 2. The van der Waals surface area contributed by atoms with E-state index >= 15 is 0 Å². The molecule has 0 spiro atoms. The van der Waals surface area contributed by atoms with Gasteiger partial charge in [0.1, 0.15) is 0 Å². The van der Waals surface area contributed by atoms with Gasteiger partial charge >= 0.3 is 0 Å². The number of hydrogen-bond acceptors (Lipinski definition) is 3. The van der Waals surface area contributed by atoms with Gasteiger partial charge in [-0.05, 0) is 19.8 Å². The number of carbonyl (C=O) groups is 1. The van der Waals surface area contributed by atoms with Crippen molar-refractivity contribution in [3.8, 4) is 0 Å². The highest BCUT2D eigenvalue weighted by molar-refractivity contribution is 5.77. The van der Waals surface area contributed by atoms with Gasteiger partial charge in [0.2, 0.25) is 5.91 Å². The molecule has 0 saturated heterocycles. The molecule has 4 heteroatoms. The minimum Gasteiger partial charge on any atom is -0.394 e. The molecule has 1 aliphatic rings. The van der Waals surface area contributed by atoms with Crippen molar-refractivity contribution in [3.05, 3.63) is 0 Å². The van der Waals surface area contributed by atoms with E-state index in [2.05, 4.69) is 0 Å². The zero-order valence-corrected chi connectivity index (χ0v) is 10.4. The zero-order chi connectivity index (χ0) is 12.2. The van der Waals surface area contributed by atoms with E-state index in [0.717, 1.165) is 25.7 Å².